The lowest BCUT2D eigenvalue weighted by molar-refractivity contribution is 1.03. The molecule has 0 aliphatic heterocycles. The Labute approximate surface area is 330 Å². The summed E-state index contributed by atoms with van der Waals surface area (Å²) >= 11 is 0. The topological polar surface area (TPSA) is 22.8 Å². The molecule has 0 amide bonds. The van der Waals surface area contributed by atoms with E-state index in [9.17, 15) is 0 Å². The van der Waals surface area contributed by atoms with Crippen LogP contribution >= 0.6 is 0 Å². The summed E-state index contributed by atoms with van der Waals surface area (Å²) in [5.74, 6) is 0.835. The monoisotopic (exact) mass is 727 g/mol. The molecule has 0 spiro atoms. The van der Waals surface area contributed by atoms with Crippen molar-refractivity contribution in [1.29, 1.82) is 0 Å². The van der Waals surface area contributed by atoms with Gasteiger partial charge in [0.05, 0.1) is 27.9 Å². The van der Waals surface area contributed by atoms with Gasteiger partial charge in [-0.2, -0.15) is 0 Å². The average Bonchev–Trinajstić information content (AvgIpc) is 3.80. The normalized spacial score (nSPS) is 11.9. The lowest BCUT2D eigenvalue weighted by atomic mass is 9.88. The summed E-state index contributed by atoms with van der Waals surface area (Å²) in [5.41, 5.74) is 10.8. The molecule has 57 heavy (non-hydrogen) atoms. The highest BCUT2D eigenvalue weighted by atomic mass is 15.1. The summed E-state index contributed by atoms with van der Waals surface area (Å²) in [6.45, 7) is 6.63. The maximum atomic E-state index is 5.57. The molecule has 0 aliphatic rings. The van der Waals surface area contributed by atoms with Crippen molar-refractivity contribution in [2.75, 3.05) is 0 Å². The largest absolute Gasteiger partial charge is 0.307 e. The van der Waals surface area contributed by atoms with E-state index in [0.29, 0.717) is 0 Å². The number of para-hydroxylation sites is 2. The Balaban J connectivity index is 1.47. The van der Waals surface area contributed by atoms with Gasteiger partial charge in [0.15, 0.2) is 0 Å². The van der Waals surface area contributed by atoms with Crippen molar-refractivity contribution in [3.63, 3.8) is 0 Å². The van der Waals surface area contributed by atoms with E-state index in [1.807, 2.05) is 6.08 Å². The van der Waals surface area contributed by atoms with E-state index >= 15 is 0 Å². The molecule has 11 rings (SSSR count). The number of allylic oxidation sites excluding steroid dienone is 1. The Morgan fingerprint density at radius 2 is 1.00 bits per heavy atom. The predicted octanol–water partition coefficient (Wildman–Crippen LogP) is 14.6. The molecule has 8 aromatic carbocycles. The Hall–Kier alpha value is -7.49. The van der Waals surface area contributed by atoms with Crippen LogP contribution in [0.4, 0.5) is 0 Å². The van der Waals surface area contributed by atoms with E-state index < -0.39 is 0 Å². The third-order valence-electron chi connectivity index (χ3n) is 11.5. The summed E-state index contributed by atoms with van der Waals surface area (Å²) < 4.78 is 4.86. The first kappa shape index (κ1) is 32.9. The fourth-order valence-electron chi connectivity index (χ4n) is 9.27. The van der Waals surface area contributed by atoms with Gasteiger partial charge in [-0.15, -0.1) is 0 Å². The van der Waals surface area contributed by atoms with Gasteiger partial charge in [-0.3, -0.25) is 4.57 Å². The van der Waals surface area contributed by atoms with Gasteiger partial charge in [0.2, 0.25) is 0 Å². The molecule has 3 heterocycles. The number of rotatable bonds is 6. The van der Waals surface area contributed by atoms with Crippen LogP contribution in [-0.2, 0) is 0 Å². The molecule has 0 radical (unpaired) electrons. The Kier molecular flexibility index (Phi) is 7.55. The van der Waals surface area contributed by atoms with E-state index in [1.165, 1.54) is 48.5 Å². The van der Waals surface area contributed by atoms with Crippen LogP contribution in [0.1, 0.15) is 18.2 Å². The second kappa shape index (κ2) is 13.1. The van der Waals surface area contributed by atoms with Crippen LogP contribution in [0, 0.1) is 0 Å². The molecule has 0 aliphatic carbocycles. The van der Waals surface area contributed by atoms with Crippen molar-refractivity contribution in [3.8, 4) is 33.9 Å². The van der Waals surface area contributed by atoms with E-state index in [2.05, 4.69) is 211 Å². The minimum Gasteiger partial charge on any atom is -0.307 e. The SMILES string of the molecule is C=Cc1c(/C=C\C)c2c3c4ccccc4c4ccccc4c3c3c4ccccc4n(-c4ccccc4)c3c2n1-c1cc(-c2ccccc2)cc(-c2ccccc2)n1. The van der Waals surface area contributed by atoms with Crippen molar-refractivity contribution >= 4 is 77.2 Å². The van der Waals surface area contributed by atoms with E-state index in [1.54, 1.807) is 0 Å². The molecule has 268 valence electrons. The first-order valence-corrected chi connectivity index (χ1v) is 19.6. The summed E-state index contributed by atoms with van der Waals surface area (Å²) in [6.07, 6.45) is 6.44. The molecule has 3 aromatic heterocycles. The molecule has 0 saturated heterocycles. The van der Waals surface area contributed by atoms with Crippen LogP contribution in [0.25, 0.3) is 111 Å². The molecule has 0 unspecified atom stereocenters. The number of aromatic nitrogens is 3. The number of benzene rings is 8. The summed E-state index contributed by atoms with van der Waals surface area (Å²) in [5, 5.41) is 11.1. The van der Waals surface area contributed by atoms with Crippen LogP contribution in [0.3, 0.4) is 0 Å². The molecular weight excluding hydrogens is 691 g/mol. The lowest BCUT2D eigenvalue weighted by Crippen LogP contribution is -2.04. The van der Waals surface area contributed by atoms with Crippen molar-refractivity contribution in [1.82, 2.24) is 14.1 Å². The highest BCUT2D eigenvalue weighted by Gasteiger charge is 2.28. The molecular formula is C54H37N3. The Bertz CT molecular complexity index is 3350. The van der Waals surface area contributed by atoms with Crippen LogP contribution in [-0.4, -0.2) is 14.1 Å². The quantitative estimate of drug-likeness (QED) is 0.156. The number of nitrogens with zero attached hydrogens (tertiary/aromatic N) is 3. The lowest BCUT2D eigenvalue weighted by Gasteiger charge is -2.17. The smallest absolute Gasteiger partial charge is 0.138 e. The molecule has 3 heteroatoms. The van der Waals surface area contributed by atoms with Crippen LogP contribution < -0.4 is 0 Å². The number of hydrogen-bond acceptors (Lipinski definition) is 1. The van der Waals surface area contributed by atoms with E-state index in [4.69, 9.17) is 4.98 Å². The molecule has 11 aromatic rings. The minimum atomic E-state index is 0.835. The molecule has 0 bridgehead atoms. The van der Waals surface area contributed by atoms with Gasteiger partial charge in [-0.05, 0) is 76.0 Å². The average molecular weight is 728 g/mol. The number of fused-ring (bicyclic) bond motifs is 13. The second-order valence-corrected chi connectivity index (χ2v) is 14.6. The van der Waals surface area contributed by atoms with E-state index in [-0.39, 0.29) is 0 Å². The molecule has 0 saturated carbocycles. The zero-order chi connectivity index (χ0) is 38.0. The van der Waals surface area contributed by atoms with Gasteiger partial charge < -0.3 is 4.57 Å². The van der Waals surface area contributed by atoms with Crippen LogP contribution in [0.2, 0.25) is 0 Å². The second-order valence-electron chi connectivity index (χ2n) is 14.6. The van der Waals surface area contributed by atoms with Gasteiger partial charge in [-0.25, -0.2) is 4.98 Å². The van der Waals surface area contributed by atoms with Gasteiger partial charge in [0, 0.05) is 43.7 Å². The predicted molar refractivity (Wildman–Crippen MR) is 244 cm³/mol. The zero-order valence-electron chi connectivity index (χ0n) is 31.5. The van der Waals surface area contributed by atoms with Crippen molar-refractivity contribution < 1.29 is 0 Å². The highest BCUT2D eigenvalue weighted by Crippen LogP contribution is 2.51. The Morgan fingerprint density at radius 1 is 0.474 bits per heavy atom. The highest BCUT2D eigenvalue weighted by molar-refractivity contribution is 6.43. The maximum Gasteiger partial charge on any atom is 0.138 e. The van der Waals surface area contributed by atoms with E-state index in [0.717, 1.165) is 61.7 Å². The van der Waals surface area contributed by atoms with Gasteiger partial charge in [-0.1, -0.05) is 164 Å². The third kappa shape index (κ3) is 4.89. The van der Waals surface area contributed by atoms with Crippen molar-refractivity contribution in [2.24, 2.45) is 0 Å². The maximum absolute atomic E-state index is 5.57. The minimum absolute atomic E-state index is 0.835. The third-order valence-corrected chi connectivity index (χ3v) is 11.5. The van der Waals surface area contributed by atoms with Crippen LogP contribution in [0.5, 0.6) is 0 Å². The molecule has 0 fully saturated rings. The van der Waals surface area contributed by atoms with Crippen molar-refractivity contribution in [3.05, 3.63) is 200 Å². The van der Waals surface area contributed by atoms with Gasteiger partial charge in [0.1, 0.15) is 5.82 Å². The standard InChI is InChI=1S/C54H37N3/c1-3-20-43-46(4-2)57(48-34-37(35-21-8-5-9-22-35)33-45(55-48)36-23-10-6-11-24-36)54-51(43)49-41-29-16-14-27-39(41)40-28-15-17-30-42(40)50(49)52-44-31-18-19-32-47(44)56(53(52)54)38-25-12-7-13-26-38/h3-34H,2H2,1H3/b20-3-. The molecule has 3 nitrogen and oxygen atoms in total. The molecule has 0 atom stereocenters. The zero-order valence-corrected chi connectivity index (χ0v) is 31.5. The van der Waals surface area contributed by atoms with Crippen molar-refractivity contribution in [2.45, 2.75) is 6.92 Å². The Morgan fingerprint density at radius 3 is 1.63 bits per heavy atom. The van der Waals surface area contributed by atoms with Gasteiger partial charge in [0.25, 0.3) is 0 Å². The molecule has 0 N–H and O–H groups in total. The number of hydrogen-bond donors (Lipinski definition) is 0. The summed E-state index contributed by atoms with van der Waals surface area (Å²) in [6, 6.07) is 63.1. The fraction of sp³-hybridized carbons (Fsp3) is 0.0185. The summed E-state index contributed by atoms with van der Waals surface area (Å²) in [7, 11) is 0. The first-order valence-electron chi connectivity index (χ1n) is 19.6. The van der Waals surface area contributed by atoms with Gasteiger partial charge >= 0.3 is 0 Å². The number of pyridine rings is 1. The summed E-state index contributed by atoms with van der Waals surface area (Å²) in [4.78, 5) is 5.57. The van der Waals surface area contributed by atoms with Crippen LogP contribution in [0.15, 0.2) is 189 Å². The first-order chi connectivity index (χ1) is 28.2. The fourth-order valence-corrected chi connectivity index (χ4v) is 9.27.